The molecule has 2 aromatic rings. The SMILES string of the molecule is CS(=O)(=O)N1CCc2c(c(-c3ccc(C(F)(F)F)c(SCCN4CCC(F)(F)CC4)c3)nn2C[C@@H](O)CN2CCC(C(N)=O)CC2)C1. The van der Waals surface area contributed by atoms with Crippen LogP contribution in [0.3, 0.4) is 0 Å². The summed E-state index contributed by atoms with van der Waals surface area (Å²) in [6, 6.07) is 3.72. The van der Waals surface area contributed by atoms with Gasteiger partial charge >= 0.3 is 6.18 Å². The summed E-state index contributed by atoms with van der Waals surface area (Å²) in [5.74, 6) is -2.97. The molecule has 3 aliphatic rings. The van der Waals surface area contributed by atoms with Gasteiger partial charge in [-0.15, -0.1) is 11.8 Å². The van der Waals surface area contributed by atoms with Gasteiger partial charge in [0.2, 0.25) is 15.9 Å². The van der Waals surface area contributed by atoms with Gasteiger partial charge < -0.3 is 20.6 Å². The number of alkyl halides is 5. The molecule has 2 fully saturated rings. The van der Waals surface area contributed by atoms with Crippen molar-refractivity contribution in [1.82, 2.24) is 23.9 Å². The zero-order valence-corrected chi connectivity index (χ0v) is 27.8. The second kappa shape index (κ2) is 14.3. The lowest BCUT2D eigenvalue weighted by Gasteiger charge is -2.32. The molecular formula is C30H41F5N6O4S2. The largest absolute Gasteiger partial charge is 0.417 e. The van der Waals surface area contributed by atoms with Gasteiger partial charge in [-0.3, -0.25) is 9.48 Å². The van der Waals surface area contributed by atoms with Crippen LogP contribution in [0.25, 0.3) is 11.3 Å². The van der Waals surface area contributed by atoms with Gasteiger partial charge in [0.1, 0.15) is 0 Å². The van der Waals surface area contributed by atoms with Crippen LogP contribution >= 0.6 is 11.8 Å². The minimum Gasteiger partial charge on any atom is -0.390 e. The number of thioether (sulfide) groups is 1. The maximum Gasteiger partial charge on any atom is 0.417 e. The predicted molar refractivity (Wildman–Crippen MR) is 167 cm³/mol. The number of carbonyl (C=O) groups excluding carboxylic acids is 1. The van der Waals surface area contributed by atoms with Crippen molar-refractivity contribution in [3.05, 3.63) is 35.0 Å². The fourth-order valence-corrected chi connectivity index (χ4v) is 8.40. The number of carbonyl (C=O) groups is 1. The van der Waals surface area contributed by atoms with Gasteiger partial charge in [0.25, 0.3) is 5.92 Å². The summed E-state index contributed by atoms with van der Waals surface area (Å²) in [6.45, 7) is 2.52. The molecule has 3 aliphatic heterocycles. The average molecular weight is 709 g/mol. The second-order valence-electron chi connectivity index (χ2n) is 12.7. The van der Waals surface area contributed by atoms with Crippen LogP contribution < -0.4 is 5.73 Å². The number of aliphatic hydroxyl groups is 1. The topological polar surface area (TPSA) is 125 Å². The molecule has 262 valence electrons. The monoisotopic (exact) mass is 708 g/mol. The van der Waals surface area contributed by atoms with Crippen molar-refractivity contribution in [2.24, 2.45) is 11.7 Å². The van der Waals surface area contributed by atoms with Gasteiger partial charge in [-0.1, -0.05) is 6.07 Å². The number of β-amino-alcohol motifs (C(OH)–C–C–N with tert-alkyl or cyclic N) is 1. The normalized spacial score (nSPS) is 21.1. The number of primary amides is 1. The number of halogens is 5. The van der Waals surface area contributed by atoms with E-state index in [9.17, 15) is 40.3 Å². The Labute approximate surface area is 275 Å². The first-order valence-corrected chi connectivity index (χ1v) is 18.5. The Kier molecular flexibility index (Phi) is 10.9. The minimum absolute atomic E-state index is 0.0106. The number of nitrogens with zero attached hydrogens (tertiary/aromatic N) is 5. The number of hydrogen-bond donors (Lipinski definition) is 2. The first-order valence-electron chi connectivity index (χ1n) is 15.7. The number of aromatic nitrogens is 2. The van der Waals surface area contributed by atoms with E-state index in [1.54, 1.807) is 4.68 Å². The molecule has 10 nitrogen and oxygen atoms in total. The van der Waals surface area contributed by atoms with Gasteiger partial charge in [-0.2, -0.15) is 22.6 Å². The van der Waals surface area contributed by atoms with Gasteiger partial charge in [0.15, 0.2) is 0 Å². The molecule has 0 unspecified atom stereocenters. The number of likely N-dealkylation sites (tertiary alicyclic amines) is 2. The Morgan fingerprint density at radius 2 is 1.79 bits per heavy atom. The van der Waals surface area contributed by atoms with Crippen LogP contribution in [0.2, 0.25) is 0 Å². The molecule has 0 saturated carbocycles. The first kappa shape index (κ1) is 36.0. The molecule has 1 amide bonds. The van der Waals surface area contributed by atoms with Crippen molar-refractivity contribution >= 4 is 27.7 Å². The number of rotatable bonds is 11. The fraction of sp³-hybridized carbons (Fsp3) is 0.667. The highest BCUT2D eigenvalue weighted by molar-refractivity contribution is 7.99. The van der Waals surface area contributed by atoms with E-state index in [2.05, 4.69) is 0 Å². The molecule has 1 aromatic carbocycles. The summed E-state index contributed by atoms with van der Waals surface area (Å²) in [4.78, 5) is 15.3. The summed E-state index contributed by atoms with van der Waals surface area (Å²) in [6.07, 6.45) is -3.41. The summed E-state index contributed by atoms with van der Waals surface area (Å²) < 4.78 is 97.1. The summed E-state index contributed by atoms with van der Waals surface area (Å²) >= 11 is 0.993. The van der Waals surface area contributed by atoms with Crippen LogP contribution in [-0.2, 0) is 40.5 Å². The Balaban J connectivity index is 1.38. The van der Waals surface area contributed by atoms with Crippen molar-refractivity contribution in [3.63, 3.8) is 0 Å². The van der Waals surface area contributed by atoms with Gasteiger partial charge in [0.05, 0.1) is 30.2 Å². The highest BCUT2D eigenvalue weighted by Crippen LogP contribution is 2.40. The van der Waals surface area contributed by atoms with Crippen LogP contribution in [0.5, 0.6) is 0 Å². The number of aliphatic hydroxyl groups excluding tert-OH is 1. The van der Waals surface area contributed by atoms with E-state index in [1.807, 2.05) is 9.80 Å². The molecule has 2 saturated heterocycles. The molecular weight excluding hydrogens is 667 g/mol. The summed E-state index contributed by atoms with van der Waals surface area (Å²) in [7, 11) is -3.57. The van der Waals surface area contributed by atoms with Crippen LogP contribution in [0.4, 0.5) is 22.0 Å². The van der Waals surface area contributed by atoms with Crippen molar-refractivity contribution in [2.45, 2.75) is 68.3 Å². The zero-order chi connectivity index (χ0) is 34.1. The molecule has 0 bridgehead atoms. The molecule has 1 atom stereocenters. The Morgan fingerprint density at radius 1 is 1.11 bits per heavy atom. The van der Waals surface area contributed by atoms with E-state index in [-0.39, 0.29) is 68.0 Å². The third-order valence-corrected chi connectivity index (χ3v) is 11.5. The lowest BCUT2D eigenvalue weighted by molar-refractivity contribution is -0.139. The fourth-order valence-electron chi connectivity index (χ4n) is 6.50. The maximum atomic E-state index is 14.1. The standard InChI is InChI=1S/C30H41F5N6O4S2/c1-47(44,45)40-11-6-25-23(19-40)27(37-41(25)18-22(42)17-39-9-4-20(5-10-39)28(36)43)21-2-3-24(30(33,34)35)26(16-21)46-15-14-38-12-7-29(31,32)8-13-38/h2-3,16,20,22,42H,4-15,17-19H2,1H3,(H2,36,43)/t22-/m0/s1. The van der Waals surface area contributed by atoms with E-state index >= 15 is 0 Å². The molecule has 3 N–H and O–H groups in total. The van der Waals surface area contributed by atoms with Crippen molar-refractivity contribution < 1.29 is 40.3 Å². The Hall–Kier alpha value is -2.31. The van der Waals surface area contributed by atoms with Gasteiger partial charge in [0, 0.05) is 91.9 Å². The smallest absolute Gasteiger partial charge is 0.390 e. The quantitative estimate of drug-likeness (QED) is 0.270. The maximum absolute atomic E-state index is 14.1. The molecule has 0 spiro atoms. The molecule has 0 radical (unpaired) electrons. The summed E-state index contributed by atoms with van der Waals surface area (Å²) in [5, 5.41) is 15.8. The van der Waals surface area contributed by atoms with Gasteiger partial charge in [-0.25, -0.2) is 17.2 Å². The van der Waals surface area contributed by atoms with E-state index in [0.29, 0.717) is 68.0 Å². The number of sulfonamides is 1. The van der Waals surface area contributed by atoms with Crippen molar-refractivity contribution in [2.75, 3.05) is 57.8 Å². The first-order chi connectivity index (χ1) is 22.0. The van der Waals surface area contributed by atoms with Crippen molar-refractivity contribution in [1.29, 1.82) is 0 Å². The molecule has 0 aliphatic carbocycles. The molecule has 47 heavy (non-hydrogen) atoms. The Bertz CT molecular complexity index is 1540. The molecule has 4 heterocycles. The van der Waals surface area contributed by atoms with E-state index in [1.165, 1.54) is 16.4 Å². The number of benzene rings is 1. The lowest BCUT2D eigenvalue weighted by atomic mass is 9.96. The van der Waals surface area contributed by atoms with Crippen LogP contribution in [0.1, 0.15) is 42.5 Å². The Morgan fingerprint density at radius 3 is 2.40 bits per heavy atom. The predicted octanol–water partition coefficient (Wildman–Crippen LogP) is 3.27. The molecule has 1 aromatic heterocycles. The van der Waals surface area contributed by atoms with E-state index in [4.69, 9.17) is 10.8 Å². The van der Waals surface area contributed by atoms with Gasteiger partial charge in [-0.05, 0) is 38.1 Å². The number of nitrogens with two attached hydrogens (primary N) is 1. The van der Waals surface area contributed by atoms with E-state index in [0.717, 1.165) is 24.1 Å². The number of amides is 1. The average Bonchev–Trinajstić information content (AvgIpc) is 3.34. The zero-order valence-electron chi connectivity index (χ0n) is 26.2. The van der Waals surface area contributed by atoms with E-state index < -0.39 is 33.8 Å². The highest BCUT2D eigenvalue weighted by Gasteiger charge is 2.36. The second-order valence-corrected chi connectivity index (χ2v) is 15.8. The third-order valence-electron chi connectivity index (χ3n) is 9.22. The lowest BCUT2D eigenvalue weighted by Crippen LogP contribution is -2.43. The summed E-state index contributed by atoms with van der Waals surface area (Å²) in [5.41, 5.74) is 6.61. The number of hydrogen-bond acceptors (Lipinski definition) is 8. The molecule has 5 rings (SSSR count). The number of fused-ring (bicyclic) bond motifs is 1. The molecule has 17 heteroatoms. The van der Waals surface area contributed by atoms with Crippen LogP contribution in [0.15, 0.2) is 23.1 Å². The van der Waals surface area contributed by atoms with Crippen LogP contribution in [-0.4, -0.2) is 113 Å². The highest BCUT2D eigenvalue weighted by atomic mass is 32.2. The van der Waals surface area contributed by atoms with Crippen LogP contribution in [0, 0.1) is 5.92 Å². The minimum atomic E-state index is -4.63. The van der Waals surface area contributed by atoms with Crippen molar-refractivity contribution in [3.8, 4) is 11.3 Å². The number of piperidine rings is 2. The third kappa shape index (κ3) is 9.03.